The van der Waals surface area contributed by atoms with E-state index in [1.165, 1.54) is 19.3 Å². The highest BCUT2D eigenvalue weighted by molar-refractivity contribution is 5.92. The van der Waals surface area contributed by atoms with Crippen LogP contribution in [0, 0.1) is 19.8 Å². The Morgan fingerprint density at radius 1 is 1.28 bits per heavy atom. The summed E-state index contributed by atoms with van der Waals surface area (Å²) in [4.78, 5) is 17.0. The second kappa shape index (κ2) is 6.30. The average Bonchev–Trinajstić information content (AvgIpc) is 2.93. The number of nitrogens with one attached hydrogen (secondary N) is 2. The highest BCUT2D eigenvalue weighted by atomic mass is 16.1. The summed E-state index contributed by atoms with van der Waals surface area (Å²) in [6.07, 6.45) is 7.47. The van der Waals surface area contributed by atoms with Crippen LogP contribution in [-0.2, 0) is 4.79 Å². The lowest BCUT2D eigenvalue weighted by Crippen LogP contribution is -2.57. The van der Waals surface area contributed by atoms with Gasteiger partial charge in [0.1, 0.15) is 0 Å². The van der Waals surface area contributed by atoms with Gasteiger partial charge in [-0.25, -0.2) is 4.98 Å². The summed E-state index contributed by atoms with van der Waals surface area (Å²) in [5.74, 6) is 0.287. The van der Waals surface area contributed by atoms with Gasteiger partial charge in [0.2, 0.25) is 5.91 Å². The van der Waals surface area contributed by atoms with E-state index in [1.807, 2.05) is 37.5 Å². The monoisotopic (exact) mass is 338 g/mol. The van der Waals surface area contributed by atoms with E-state index in [1.54, 1.807) is 0 Å². The summed E-state index contributed by atoms with van der Waals surface area (Å²) in [6, 6.07) is 8.00. The van der Waals surface area contributed by atoms with Crippen LogP contribution in [0.2, 0.25) is 0 Å². The predicted molar refractivity (Wildman–Crippen MR) is 99.0 cm³/mol. The third-order valence-corrected chi connectivity index (χ3v) is 5.98. The smallest absolute Gasteiger partial charge is 0.227 e. The molecule has 0 radical (unpaired) electrons. The molecule has 1 aromatic carbocycles. The number of hydrogen-bond donors (Lipinski definition) is 2. The van der Waals surface area contributed by atoms with Crippen LogP contribution in [0.25, 0.3) is 5.69 Å². The van der Waals surface area contributed by atoms with Crippen molar-refractivity contribution in [1.82, 2.24) is 14.9 Å². The zero-order valence-corrected chi connectivity index (χ0v) is 15.0. The lowest BCUT2D eigenvalue weighted by molar-refractivity contribution is -0.122. The number of piperidine rings is 1. The molecule has 1 amide bonds. The number of hydrogen-bond acceptors (Lipinski definition) is 3. The molecule has 2 N–H and O–H groups in total. The average molecular weight is 338 g/mol. The molecule has 1 saturated heterocycles. The molecule has 1 atom stereocenters. The van der Waals surface area contributed by atoms with Crippen LogP contribution in [0.5, 0.6) is 0 Å². The predicted octanol–water partition coefficient (Wildman–Crippen LogP) is 3.35. The Labute approximate surface area is 148 Å². The molecular weight excluding hydrogens is 312 g/mol. The molecule has 1 aliphatic carbocycles. The molecule has 25 heavy (non-hydrogen) atoms. The van der Waals surface area contributed by atoms with E-state index in [-0.39, 0.29) is 17.4 Å². The normalized spacial score (nSPS) is 21.8. The summed E-state index contributed by atoms with van der Waals surface area (Å²) < 4.78 is 2.06. The number of aryl methyl sites for hydroxylation is 1. The first-order valence-corrected chi connectivity index (χ1v) is 9.23. The van der Waals surface area contributed by atoms with Crippen LogP contribution < -0.4 is 10.6 Å². The fourth-order valence-corrected chi connectivity index (χ4v) is 4.07. The van der Waals surface area contributed by atoms with Gasteiger partial charge in [-0.3, -0.25) is 4.79 Å². The zero-order valence-electron chi connectivity index (χ0n) is 15.0. The molecule has 2 aromatic rings. The van der Waals surface area contributed by atoms with Gasteiger partial charge in [-0.2, -0.15) is 0 Å². The molecule has 0 bridgehead atoms. The SMILES string of the molecule is Cc1ncn(-c2ccc(NC(=O)C3CCNC4(CCC4)C3)cc2)c1C. The molecule has 1 unspecified atom stereocenters. The number of imidazole rings is 1. The minimum atomic E-state index is 0.125. The molecule has 2 heterocycles. The largest absolute Gasteiger partial charge is 0.326 e. The maximum absolute atomic E-state index is 12.7. The second-order valence-electron chi connectivity index (χ2n) is 7.57. The lowest BCUT2D eigenvalue weighted by atomic mass is 9.68. The topological polar surface area (TPSA) is 59.0 Å². The van der Waals surface area contributed by atoms with Crippen molar-refractivity contribution in [2.75, 3.05) is 11.9 Å². The number of rotatable bonds is 3. The standard InChI is InChI=1S/C20H26N4O/c1-14-15(2)24(13-21-14)18-6-4-17(5-7-18)23-19(25)16-8-11-22-20(12-16)9-3-10-20/h4-7,13,16,22H,3,8-12H2,1-2H3,(H,23,25). The number of carbonyl (C=O) groups is 1. The van der Waals surface area contributed by atoms with Gasteiger partial charge in [0, 0.05) is 28.5 Å². The first kappa shape index (κ1) is 16.3. The van der Waals surface area contributed by atoms with Crippen molar-refractivity contribution in [2.45, 2.75) is 51.5 Å². The Morgan fingerprint density at radius 3 is 2.64 bits per heavy atom. The fourth-order valence-electron chi connectivity index (χ4n) is 4.07. The highest BCUT2D eigenvalue weighted by Gasteiger charge is 2.42. The number of anilines is 1. The Kier molecular flexibility index (Phi) is 4.12. The van der Waals surface area contributed by atoms with Crippen molar-refractivity contribution in [1.29, 1.82) is 0 Å². The molecule has 1 saturated carbocycles. The molecule has 1 spiro atoms. The molecule has 4 rings (SSSR count). The van der Waals surface area contributed by atoms with Gasteiger partial charge in [0.05, 0.1) is 12.0 Å². The Morgan fingerprint density at radius 2 is 2.04 bits per heavy atom. The van der Waals surface area contributed by atoms with Crippen LogP contribution in [0.15, 0.2) is 30.6 Å². The fraction of sp³-hybridized carbons (Fsp3) is 0.500. The minimum Gasteiger partial charge on any atom is -0.326 e. The van der Waals surface area contributed by atoms with E-state index >= 15 is 0 Å². The van der Waals surface area contributed by atoms with Crippen molar-refractivity contribution >= 4 is 11.6 Å². The number of aromatic nitrogens is 2. The molecule has 5 heteroatoms. The quantitative estimate of drug-likeness (QED) is 0.902. The molecule has 2 aliphatic rings. The van der Waals surface area contributed by atoms with Gasteiger partial charge in [-0.05, 0) is 76.8 Å². The highest BCUT2D eigenvalue weighted by Crippen LogP contribution is 2.40. The van der Waals surface area contributed by atoms with Crippen LogP contribution in [-0.4, -0.2) is 27.5 Å². The van der Waals surface area contributed by atoms with Crippen LogP contribution >= 0.6 is 0 Å². The third-order valence-electron chi connectivity index (χ3n) is 5.98. The molecule has 1 aliphatic heterocycles. The summed E-state index contributed by atoms with van der Waals surface area (Å²) in [7, 11) is 0. The van der Waals surface area contributed by atoms with Gasteiger partial charge in [0.15, 0.2) is 0 Å². The van der Waals surface area contributed by atoms with E-state index in [2.05, 4.69) is 27.1 Å². The Bertz CT molecular complexity index is 773. The second-order valence-corrected chi connectivity index (χ2v) is 7.57. The van der Waals surface area contributed by atoms with Gasteiger partial charge < -0.3 is 15.2 Å². The number of carbonyl (C=O) groups excluding carboxylic acids is 1. The molecule has 1 aromatic heterocycles. The van der Waals surface area contributed by atoms with E-state index in [9.17, 15) is 4.79 Å². The van der Waals surface area contributed by atoms with Crippen molar-refractivity contribution in [3.8, 4) is 5.69 Å². The summed E-state index contributed by atoms with van der Waals surface area (Å²) >= 11 is 0. The van der Waals surface area contributed by atoms with E-state index < -0.39 is 0 Å². The van der Waals surface area contributed by atoms with Gasteiger partial charge >= 0.3 is 0 Å². The zero-order chi connectivity index (χ0) is 17.4. The first-order valence-electron chi connectivity index (χ1n) is 9.23. The van der Waals surface area contributed by atoms with Crippen LogP contribution in [0.1, 0.15) is 43.5 Å². The van der Waals surface area contributed by atoms with Crippen molar-refractivity contribution in [2.24, 2.45) is 5.92 Å². The van der Waals surface area contributed by atoms with Crippen LogP contribution in [0.3, 0.4) is 0 Å². The molecular formula is C20H26N4O. The Balaban J connectivity index is 1.42. The lowest BCUT2D eigenvalue weighted by Gasteiger charge is -2.48. The van der Waals surface area contributed by atoms with Gasteiger partial charge in [-0.15, -0.1) is 0 Å². The van der Waals surface area contributed by atoms with Crippen molar-refractivity contribution in [3.63, 3.8) is 0 Å². The van der Waals surface area contributed by atoms with E-state index in [4.69, 9.17) is 0 Å². The molecule has 5 nitrogen and oxygen atoms in total. The summed E-state index contributed by atoms with van der Waals surface area (Å²) in [5, 5.41) is 6.73. The Hall–Kier alpha value is -2.14. The molecule has 132 valence electrons. The number of amides is 1. The van der Waals surface area contributed by atoms with E-state index in [0.29, 0.717) is 0 Å². The first-order chi connectivity index (χ1) is 12.1. The maximum atomic E-state index is 12.7. The summed E-state index contributed by atoms with van der Waals surface area (Å²) in [5.41, 5.74) is 4.35. The van der Waals surface area contributed by atoms with E-state index in [0.717, 1.165) is 42.1 Å². The third kappa shape index (κ3) is 3.09. The number of nitrogens with zero attached hydrogens (tertiary/aromatic N) is 2. The van der Waals surface area contributed by atoms with Crippen LogP contribution in [0.4, 0.5) is 5.69 Å². The van der Waals surface area contributed by atoms with Crippen molar-refractivity contribution in [3.05, 3.63) is 42.0 Å². The number of benzene rings is 1. The summed E-state index contributed by atoms with van der Waals surface area (Å²) in [6.45, 7) is 5.02. The van der Waals surface area contributed by atoms with Gasteiger partial charge in [0.25, 0.3) is 0 Å². The minimum absolute atomic E-state index is 0.125. The van der Waals surface area contributed by atoms with Gasteiger partial charge in [-0.1, -0.05) is 0 Å². The maximum Gasteiger partial charge on any atom is 0.227 e. The van der Waals surface area contributed by atoms with Crippen molar-refractivity contribution < 1.29 is 4.79 Å². The molecule has 2 fully saturated rings.